The first-order valence-electron chi connectivity index (χ1n) is 7.03. The van der Waals surface area contributed by atoms with Gasteiger partial charge in [0.1, 0.15) is 0 Å². The molecule has 0 spiro atoms. The van der Waals surface area contributed by atoms with Gasteiger partial charge in [-0.05, 0) is 37.1 Å². The van der Waals surface area contributed by atoms with Gasteiger partial charge in [-0.2, -0.15) is 0 Å². The van der Waals surface area contributed by atoms with Gasteiger partial charge in [0, 0.05) is 35.4 Å². The average Bonchev–Trinajstić information content (AvgIpc) is 2.47. The summed E-state index contributed by atoms with van der Waals surface area (Å²) in [5, 5.41) is 1.93. The van der Waals surface area contributed by atoms with E-state index in [9.17, 15) is 0 Å². The third kappa shape index (κ3) is 2.55. The first-order valence-corrected chi connectivity index (χ1v) is 7.40. The van der Waals surface area contributed by atoms with Crippen LogP contribution in [0.4, 0.5) is 5.69 Å². The summed E-state index contributed by atoms with van der Waals surface area (Å²) >= 11 is 6.13. The second kappa shape index (κ2) is 5.38. The Balaban J connectivity index is 2.01. The summed E-state index contributed by atoms with van der Waals surface area (Å²) < 4.78 is 0. The molecule has 0 N–H and O–H groups in total. The average molecular weight is 275 g/mol. The normalized spacial score (nSPS) is 16.7. The van der Waals surface area contributed by atoms with E-state index in [4.69, 9.17) is 11.6 Å². The number of anilines is 1. The molecule has 0 atom stereocenters. The fraction of sp³-hybridized carbons (Fsp3) is 0.438. The highest BCUT2D eigenvalue weighted by atomic mass is 35.5. The van der Waals surface area contributed by atoms with Crippen LogP contribution in [-0.4, -0.2) is 18.1 Å². The maximum atomic E-state index is 6.13. The predicted octanol–water partition coefficient (Wildman–Crippen LogP) is 4.66. The molecule has 0 unspecified atom stereocenters. The first kappa shape index (κ1) is 12.7. The molecular formula is C16H19ClN2. The lowest BCUT2D eigenvalue weighted by molar-refractivity contribution is 0.428. The van der Waals surface area contributed by atoms with Gasteiger partial charge in [0.15, 0.2) is 0 Å². The lowest BCUT2D eigenvalue weighted by atomic mass is 9.94. The second-order valence-electron chi connectivity index (χ2n) is 5.39. The molecule has 0 saturated heterocycles. The van der Waals surface area contributed by atoms with Crippen molar-refractivity contribution in [1.82, 2.24) is 4.98 Å². The number of hydrogen-bond donors (Lipinski definition) is 0. The van der Waals surface area contributed by atoms with Crippen LogP contribution in [0.15, 0.2) is 30.5 Å². The van der Waals surface area contributed by atoms with Gasteiger partial charge in [0.25, 0.3) is 0 Å². The fourth-order valence-electron chi connectivity index (χ4n) is 3.08. The Kier molecular flexibility index (Phi) is 3.61. The smallest absolute Gasteiger partial charge is 0.0723 e. The van der Waals surface area contributed by atoms with Crippen LogP contribution in [0.2, 0.25) is 5.02 Å². The van der Waals surface area contributed by atoms with Gasteiger partial charge in [-0.3, -0.25) is 4.98 Å². The Morgan fingerprint density at radius 3 is 2.74 bits per heavy atom. The van der Waals surface area contributed by atoms with E-state index in [1.54, 1.807) is 0 Å². The van der Waals surface area contributed by atoms with Gasteiger partial charge in [0.2, 0.25) is 0 Å². The van der Waals surface area contributed by atoms with Crippen LogP contribution in [0.5, 0.6) is 0 Å². The molecule has 1 aliphatic carbocycles. The van der Waals surface area contributed by atoms with Crippen LogP contribution in [0.1, 0.15) is 32.1 Å². The van der Waals surface area contributed by atoms with Crippen molar-refractivity contribution in [3.8, 4) is 0 Å². The number of halogens is 1. The van der Waals surface area contributed by atoms with Crippen molar-refractivity contribution in [1.29, 1.82) is 0 Å². The van der Waals surface area contributed by atoms with Crippen LogP contribution in [0, 0.1) is 0 Å². The molecule has 1 aliphatic rings. The summed E-state index contributed by atoms with van der Waals surface area (Å²) in [5.74, 6) is 0. The van der Waals surface area contributed by atoms with Gasteiger partial charge >= 0.3 is 0 Å². The summed E-state index contributed by atoms with van der Waals surface area (Å²) in [6.07, 6.45) is 8.55. The number of hydrogen-bond acceptors (Lipinski definition) is 2. The summed E-state index contributed by atoms with van der Waals surface area (Å²) in [6, 6.07) is 8.68. The van der Waals surface area contributed by atoms with Crippen LogP contribution < -0.4 is 4.90 Å². The van der Waals surface area contributed by atoms with Crippen LogP contribution >= 0.6 is 11.6 Å². The standard InChI is InChI=1S/C16H19ClN2/c1-19(13-5-3-2-4-6-13)16-9-10-18-15-8-7-12(17)11-14(15)16/h7-11,13H,2-6H2,1H3. The van der Waals surface area contributed by atoms with Gasteiger partial charge < -0.3 is 4.90 Å². The van der Waals surface area contributed by atoms with Crippen molar-refractivity contribution in [3.63, 3.8) is 0 Å². The van der Waals surface area contributed by atoms with Crippen molar-refractivity contribution in [2.75, 3.05) is 11.9 Å². The minimum absolute atomic E-state index is 0.651. The maximum absolute atomic E-state index is 6.13. The fourth-order valence-corrected chi connectivity index (χ4v) is 3.25. The molecule has 3 rings (SSSR count). The molecule has 3 heteroatoms. The summed E-state index contributed by atoms with van der Waals surface area (Å²) in [5.41, 5.74) is 2.27. The molecule has 2 nitrogen and oxygen atoms in total. The quantitative estimate of drug-likeness (QED) is 0.792. The van der Waals surface area contributed by atoms with E-state index in [2.05, 4.69) is 23.0 Å². The zero-order chi connectivity index (χ0) is 13.2. The van der Waals surface area contributed by atoms with Crippen molar-refractivity contribution in [2.24, 2.45) is 0 Å². The Bertz CT molecular complexity index is 576. The Morgan fingerprint density at radius 1 is 1.16 bits per heavy atom. The number of nitrogens with zero attached hydrogens (tertiary/aromatic N) is 2. The highest BCUT2D eigenvalue weighted by Gasteiger charge is 2.19. The van der Waals surface area contributed by atoms with Gasteiger partial charge in [0.05, 0.1) is 5.52 Å². The van der Waals surface area contributed by atoms with E-state index in [0.717, 1.165) is 15.9 Å². The Hall–Kier alpha value is -1.28. The van der Waals surface area contributed by atoms with Crippen LogP contribution in [0.3, 0.4) is 0 Å². The zero-order valence-corrected chi connectivity index (χ0v) is 12.0. The van der Waals surface area contributed by atoms with E-state index < -0.39 is 0 Å². The van der Waals surface area contributed by atoms with Gasteiger partial charge in [-0.15, -0.1) is 0 Å². The highest BCUT2D eigenvalue weighted by molar-refractivity contribution is 6.31. The number of rotatable bonds is 2. The predicted molar refractivity (Wildman–Crippen MR) is 82.0 cm³/mol. The molecule has 1 saturated carbocycles. The van der Waals surface area contributed by atoms with Crippen LogP contribution in [-0.2, 0) is 0 Å². The number of benzene rings is 1. The van der Waals surface area contributed by atoms with Crippen molar-refractivity contribution in [3.05, 3.63) is 35.5 Å². The molecule has 0 radical (unpaired) electrons. The Morgan fingerprint density at radius 2 is 1.95 bits per heavy atom. The van der Waals surface area contributed by atoms with Gasteiger partial charge in [-0.25, -0.2) is 0 Å². The van der Waals surface area contributed by atoms with E-state index in [1.165, 1.54) is 37.8 Å². The monoisotopic (exact) mass is 274 g/mol. The molecule has 100 valence electrons. The number of aromatic nitrogens is 1. The minimum Gasteiger partial charge on any atom is -0.371 e. The van der Waals surface area contributed by atoms with Crippen LogP contribution in [0.25, 0.3) is 10.9 Å². The zero-order valence-electron chi connectivity index (χ0n) is 11.3. The SMILES string of the molecule is CN(c1ccnc2ccc(Cl)cc12)C1CCCCC1. The molecule has 1 aromatic carbocycles. The van der Waals surface area contributed by atoms with E-state index >= 15 is 0 Å². The van der Waals surface area contributed by atoms with Crippen molar-refractivity contribution in [2.45, 2.75) is 38.1 Å². The minimum atomic E-state index is 0.651. The molecular weight excluding hydrogens is 256 g/mol. The third-order valence-electron chi connectivity index (χ3n) is 4.18. The molecule has 1 aromatic heterocycles. The molecule has 1 fully saturated rings. The molecule has 19 heavy (non-hydrogen) atoms. The highest BCUT2D eigenvalue weighted by Crippen LogP contribution is 2.31. The number of fused-ring (bicyclic) bond motifs is 1. The lowest BCUT2D eigenvalue weighted by Crippen LogP contribution is -2.33. The number of pyridine rings is 1. The van der Waals surface area contributed by atoms with Gasteiger partial charge in [-0.1, -0.05) is 30.9 Å². The second-order valence-corrected chi connectivity index (χ2v) is 5.83. The van der Waals surface area contributed by atoms with E-state index in [1.807, 2.05) is 24.4 Å². The summed E-state index contributed by atoms with van der Waals surface area (Å²) in [4.78, 5) is 6.84. The molecule has 0 amide bonds. The molecule has 1 heterocycles. The molecule has 2 aromatic rings. The third-order valence-corrected chi connectivity index (χ3v) is 4.42. The molecule has 0 aliphatic heterocycles. The largest absolute Gasteiger partial charge is 0.371 e. The first-order chi connectivity index (χ1) is 9.25. The van der Waals surface area contributed by atoms with E-state index in [0.29, 0.717) is 6.04 Å². The summed E-state index contributed by atoms with van der Waals surface area (Å²) in [6.45, 7) is 0. The maximum Gasteiger partial charge on any atom is 0.0723 e. The lowest BCUT2D eigenvalue weighted by Gasteiger charge is -2.33. The topological polar surface area (TPSA) is 16.1 Å². The summed E-state index contributed by atoms with van der Waals surface area (Å²) in [7, 11) is 2.20. The van der Waals surface area contributed by atoms with E-state index in [-0.39, 0.29) is 0 Å². The Labute approximate surface area is 119 Å². The molecule has 0 bridgehead atoms. The van der Waals surface area contributed by atoms with Crippen molar-refractivity contribution >= 4 is 28.2 Å². The van der Waals surface area contributed by atoms with Crippen molar-refractivity contribution < 1.29 is 0 Å².